The van der Waals surface area contributed by atoms with Gasteiger partial charge in [-0.15, -0.1) is 0 Å². The molecule has 0 amide bonds. The molecule has 1 N–H and O–H groups in total. The molecule has 0 unspecified atom stereocenters. The maximum atomic E-state index is 13.3. The van der Waals surface area contributed by atoms with Crippen molar-refractivity contribution in [1.82, 2.24) is 4.98 Å². The van der Waals surface area contributed by atoms with E-state index in [1.807, 2.05) is 0 Å². The number of hydrogen-bond acceptors (Lipinski definition) is 4. The molecule has 29 heavy (non-hydrogen) atoms. The van der Waals surface area contributed by atoms with Gasteiger partial charge in [0, 0.05) is 6.61 Å². The van der Waals surface area contributed by atoms with E-state index in [1.54, 1.807) is 0 Å². The molecule has 0 aromatic rings. The first kappa shape index (κ1) is 29.0. The molecule has 0 aromatic heterocycles. The summed E-state index contributed by atoms with van der Waals surface area (Å²) in [7, 11) is -5.87. The summed E-state index contributed by atoms with van der Waals surface area (Å²) in [4.78, 5) is 17.0. The van der Waals surface area contributed by atoms with Crippen LogP contribution in [0, 0.1) is 0 Å². The average Bonchev–Trinajstić information content (AvgIpc) is 2.41. The van der Waals surface area contributed by atoms with Gasteiger partial charge in [-0.2, -0.15) is 0 Å². The Morgan fingerprint density at radius 1 is 0.759 bits per heavy atom. The molecular formula is C22H51NO3Si3. The largest absolute Gasteiger partial charge is 0.518 e. The van der Waals surface area contributed by atoms with Crippen LogP contribution in [0.5, 0.6) is 0 Å². The van der Waals surface area contributed by atoms with Crippen LogP contribution < -0.4 is 4.98 Å². The lowest BCUT2D eigenvalue weighted by molar-refractivity contribution is -0.137. The van der Waals surface area contributed by atoms with Crippen molar-refractivity contribution in [2.45, 2.75) is 129 Å². The van der Waals surface area contributed by atoms with E-state index < -0.39 is 24.9 Å². The fourth-order valence-corrected chi connectivity index (χ4v) is 5.60. The highest BCUT2D eigenvalue weighted by Crippen LogP contribution is 2.39. The summed E-state index contributed by atoms with van der Waals surface area (Å²) in [6, 6.07) is -0.310. The number of rotatable bonds is 8. The smallest absolute Gasteiger partial charge is 0.309 e. The molecule has 0 radical (unpaired) electrons. The monoisotopic (exact) mass is 461 g/mol. The molecule has 7 heteroatoms. The normalized spacial score (nSPS) is 16.0. The minimum absolute atomic E-state index is 0.00181. The van der Waals surface area contributed by atoms with Crippen LogP contribution >= 0.6 is 0 Å². The summed E-state index contributed by atoms with van der Waals surface area (Å²) >= 11 is 0. The molecule has 174 valence electrons. The van der Waals surface area contributed by atoms with Gasteiger partial charge in [0.15, 0.2) is 8.32 Å². The summed E-state index contributed by atoms with van der Waals surface area (Å²) < 4.78 is 12.6. The van der Waals surface area contributed by atoms with Crippen LogP contribution in [0.15, 0.2) is 0 Å². The van der Waals surface area contributed by atoms with Crippen molar-refractivity contribution in [3.05, 3.63) is 0 Å². The van der Waals surface area contributed by atoms with Gasteiger partial charge in [0.2, 0.25) is 0 Å². The molecule has 0 aliphatic rings. The molecule has 0 saturated carbocycles. The van der Waals surface area contributed by atoms with E-state index in [9.17, 15) is 4.79 Å². The van der Waals surface area contributed by atoms with E-state index in [-0.39, 0.29) is 27.1 Å². The van der Waals surface area contributed by atoms with Crippen molar-refractivity contribution >= 4 is 30.8 Å². The maximum Gasteiger partial charge on any atom is 0.309 e. The van der Waals surface area contributed by atoms with E-state index in [2.05, 4.69) is 107 Å². The molecule has 0 rings (SSSR count). The van der Waals surface area contributed by atoms with Crippen molar-refractivity contribution in [3.8, 4) is 0 Å². The number of nitrogens with one attached hydrogen (secondary N) is 1. The van der Waals surface area contributed by atoms with Crippen LogP contribution in [0.4, 0.5) is 0 Å². The first-order chi connectivity index (χ1) is 12.4. The standard InChI is InChI=1S/C22H51NO3Si3/c1-20(2,3)27(10,11)23-18(16-17-25-28(12,13)21(4,5)6)19(24)26-29(14,15)22(7,8)9/h18,23H,16-17H2,1-15H3/t18-/m0/s1. The van der Waals surface area contributed by atoms with Gasteiger partial charge in [-0.1, -0.05) is 75.4 Å². The Balaban J connectivity index is 5.50. The second-order valence-corrected chi connectivity index (χ2v) is 27.7. The highest BCUT2D eigenvalue weighted by atomic mass is 28.4. The first-order valence-electron chi connectivity index (χ1n) is 11.1. The van der Waals surface area contributed by atoms with Crippen molar-refractivity contribution in [2.75, 3.05) is 6.61 Å². The zero-order chi connectivity index (χ0) is 23.7. The van der Waals surface area contributed by atoms with Crippen molar-refractivity contribution in [3.63, 3.8) is 0 Å². The van der Waals surface area contributed by atoms with Crippen LogP contribution in [-0.2, 0) is 13.6 Å². The predicted molar refractivity (Wildman–Crippen MR) is 135 cm³/mol. The Bertz CT molecular complexity index is 553. The van der Waals surface area contributed by atoms with Crippen LogP contribution in [0.3, 0.4) is 0 Å². The van der Waals surface area contributed by atoms with Crippen LogP contribution in [0.2, 0.25) is 54.4 Å². The number of carbonyl (C=O) groups is 1. The molecule has 0 bridgehead atoms. The Morgan fingerprint density at radius 3 is 1.52 bits per heavy atom. The summed E-state index contributed by atoms with van der Waals surface area (Å²) in [6.07, 6.45) is 0.659. The molecule has 4 nitrogen and oxygen atoms in total. The molecule has 0 spiro atoms. The summed E-state index contributed by atoms with van der Waals surface area (Å²) in [5.41, 5.74) is 0. The van der Waals surface area contributed by atoms with Gasteiger partial charge >= 0.3 is 5.97 Å². The van der Waals surface area contributed by atoms with E-state index in [0.717, 1.165) is 0 Å². The minimum atomic E-state index is -2.16. The third kappa shape index (κ3) is 8.24. The van der Waals surface area contributed by atoms with Crippen LogP contribution in [-0.4, -0.2) is 43.5 Å². The Labute approximate surface area is 185 Å². The summed E-state index contributed by atoms with van der Waals surface area (Å²) in [6.45, 7) is 34.0. The summed E-state index contributed by atoms with van der Waals surface area (Å²) in [5, 5.41) is 0.307. The molecule has 0 aliphatic carbocycles. The van der Waals surface area contributed by atoms with Crippen LogP contribution in [0.1, 0.15) is 68.7 Å². The Hall–Kier alpha value is 0.0406. The van der Waals surface area contributed by atoms with Gasteiger partial charge in [-0.05, 0) is 47.7 Å². The summed E-state index contributed by atoms with van der Waals surface area (Å²) in [5.74, 6) is -0.0970. The molecule has 0 heterocycles. The van der Waals surface area contributed by atoms with E-state index in [4.69, 9.17) is 8.85 Å². The van der Waals surface area contributed by atoms with Gasteiger partial charge in [0.25, 0.3) is 8.32 Å². The van der Waals surface area contributed by atoms with Gasteiger partial charge < -0.3 is 13.8 Å². The lowest BCUT2D eigenvalue weighted by Gasteiger charge is -2.42. The first-order valence-corrected chi connectivity index (χ1v) is 19.9. The third-order valence-electron chi connectivity index (χ3n) is 7.53. The van der Waals surface area contributed by atoms with E-state index >= 15 is 0 Å². The molecule has 0 fully saturated rings. The van der Waals surface area contributed by atoms with Crippen molar-refractivity contribution in [1.29, 1.82) is 0 Å². The number of hydrogen-bond donors (Lipinski definition) is 1. The highest BCUT2D eigenvalue weighted by molar-refractivity contribution is 6.78. The molecule has 0 saturated heterocycles. The Morgan fingerprint density at radius 2 is 1.17 bits per heavy atom. The second-order valence-electron chi connectivity index (χ2n) is 13.2. The lowest BCUT2D eigenvalue weighted by atomic mass is 10.2. The molecule has 0 aromatic carbocycles. The Kier molecular flexibility index (Phi) is 9.28. The van der Waals surface area contributed by atoms with Crippen molar-refractivity contribution < 1.29 is 13.6 Å². The van der Waals surface area contributed by atoms with E-state index in [1.165, 1.54) is 0 Å². The highest BCUT2D eigenvalue weighted by Gasteiger charge is 2.44. The lowest BCUT2D eigenvalue weighted by Crippen LogP contribution is -2.60. The van der Waals surface area contributed by atoms with Gasteiger partial charge in [-0.3, -0.25) is 4.79 Å². The average molecular weight is 462 g/mol. The fourth-order valence-electron chi connectivity index (χ4n) is 2.03. The third-order valence-corrected chi connectivity index (χ3v) is 21.2. The van der Waals surface area contributed by atoms with Gasteiger partial charge in [0.05, 0.1) is 0 Å². The van der Waals surface area contributed by atoms with Gasteiger partial charge in [0.1, 0.15) is 14.3 Å². The topological polar surface area (TPSA) is 47.6 Å². The minimum Gasteiger partial charge on any atom is -0.518 e. The van der Waals surface area contributed by atoms with Crippen LogP contribution in [0.25, 0.3) is 0 Å². The van der Waals surface area contributed by atoms with E-state index in [0.29, 0.717) is 13.0 Å². The zero-order valence-corrected chi connectivity index (χ0v) is 25.2. The second kappa shape index (κ2) is 9.27. The van der Waals surface area contributed by atoms with Crippen molar-refractivity contribution in [2.24, 2.45) is 0 Å². The quantitative estimate of drug-likeness (QED) is 0.399. The van der Waals surface area contributed by atoms with Gasteiger partial charge in [-0.25, -0.2) is 0 Å². The predicted octanol–water partition coefficient (Wildman–Crippen LogP) is 6.91. The molecule has 0 aliphatic heterocycles. The molecular weight excluding hydrogens is 411 g/mol. The molecule has 1 atom stereocenters. The number of carbonyl (C=O) groups excluding carboxylic acids is 1. The fraction of sp³-hybridized carbons (Fsp3) is 0.955. The SMILES string of the molecule is CC(C)(C)[Si](C)(C)N[C@@H](CCO[Si](C)(C)C(C)(C)C)C(=O)O[Si](C)(C)C(C)(C)C. The maximum absolute atomic E-state index is 13.3. The zero-order valence-electron chi connectivity index (χ0n) is 22.2.